The number of aryl methyl sites for hydroxylation is 1. The van der Waals surface area contributed by atoms with Crippen molar-refractivity contribution in [3.05, 3.63) is 35.1 Å². The van der Waals surface area contributed by atoms with Crippen LogP contribution in [0.3, 0.4) is 0 Å². The van der Waals surface area contributed by atoms with Crippen LogP contribution in [0.25, 0.3) is 0 Å². The van der Waals surface area contributed by atoms with E-state index < -0.39 is 0 Å². The molecular formula is C16H23FN2. The van der Waals surface area contributed by atoms with E-state index in [1.807, 2.05) is 6.07 Å². The molecule has 19 heavy (non-hydrogen) atoms. The fraction of sp³-hybridized carbons (Fsp3) is 0.625. The maximum Gasteiger partial charge on any atom is 0.123 e. The van der Waals surface area contributed by atoms with Gasteiger partial charge in [0.2, 0.25) is 0 Å². The van der Waals surface area contributed by atoms with Crippen LogP contribution in [0, 0.1) is 11.7 Å². The molecule has 1 fully saturated rings. The van der Waals surface area contributed by atoms with Crippen molar-refractivity contribution in [2.45, 2.75) is 44.7 Å². The molecule has 0 bridgehead atoms. The molecule has 1 aromatic carbocycles. The zero-order valence-corrected chi connectivity index (χ0v) is 11.6. The highest BCUT2D eigenvalue weighted by molar-refractivity contribution is 5.35. The second kappa shape index (κ2) is 5.22. The smallest absolute Gasteiger partial charge is 0.123 e. The highest BCUT2D eigenvalue weighted by Gasteiger charge is 2.33. The van der Waals surface area contributed by atoms with Crippen LogP contribution >= 0.6 is 0 Å². The highest BCUT2D eigenvalue weighted by atomic mass is 19.1. The van der Waals surface area contributed by atoms with E-state index >= 15 is 0 Å². The average Bonchev–Trinajstić information content (AvgIpc) is 2.82. The third-order valence-corrected chi connectivity index (χ3v) is 4.94. The Morgan fingerprint density at radius 2 is 2.21 bits per heavy atom. The maximum absolute atomic E-state index is 13.3. The van der Waals surface area contributed by atoms with Gasteiger partial charge in [0, 0.05) is 25.2 Å². The van der Waals surface area contributed by atoms with Crippen LogP contribution in [-0.4, -0.2) is 24.0 Å². The highest BCUT2D eigenvalue weighted by Crippen LogP contribution is 2.38. The minimum absolute atomic E-state index is 0.105. The van der Waals surface area contributed by atoms with Gasteiger partial charge >= 0.3 is 0 Å². The normalized spacial score (nSPS) is 31.4. The summed E-state index contributed by atoms with van der Waals surface area (Å²) in [4.78, 5) is 2.57. The number of halogens is 1. The summed E-state index contributed by atoms with van der Waals surface area (Å²) in [6, 6.07) is 6.14. The van der Waals surface area contributed by atoms with Crippen molar-refractivity contribution >= 4 is 0 Å². The Labute approximate surface area is 114 Å². The van der Waals surface area contributed by atoms with Crippen molar-refractivity contribution in [2.75, 3.05) is 13.1 Å². The average molecular weight is 262 g/mol. The Balaban J connectivity index is 1.78. The SMILES string of the molecule is CCC1CN(C2CCc3cc(F)ccc32)CCC1N. The third-order valence-electron chi connectivity index (χ3n) is 4.94. The molecule has 104 valence electrons. The van der Waals surface area contributed by atoms with E-state index in [4.69, 9.17) is 5.73 Å². The lowest BCUT2D eigenvalue weighted by atomic mass is 9.89. The lowest BCUT2D eigenvalue weighted by Crippen LogP contribution is -2.47. The van der Waals surface area contributed by atoms with Crippen LogP contribution in [-0.2, 0) is 6.42 Å². The first-order chi connectivity index (χ1) is 9.19. The lowest BCUT2D eigenvalue weighted by molar-refractivity contribution is 0.106. The number of benzene rings is 1. The second-order valence-corrected chi connectivity index (χ2v) is 6.01. The van der Waals surface area contributed by atoms with Gasteiger partial charge in [-0.3, -0.25) is 4.90 Å². The van der Waals surface area contributed by atoms with Crippen molar-refractivity contribution in [3.63, 3.8) is 0 Å². The number of nitrogens with two attached hydrogens (primary N) is 1. The minimum atomic E-state index is -0.105. The molecule has 1 aliphatic carbocycles. The van der Waals surface area contributed by atoms with Gasteiger partial charge in [-0.2, -0.15) is 0 Å². The molecule has 2 N–H and O–H groups in total. The summed E-state index contributed by atoms with van der Waals surface area (Å²) >= 11 is 0. The Kier molecular flexibility index (Phi) is 3.59. The number of nitrogens with zero attached hydrogens (tertiary/aromatic N) is 1. The molecular weight excluding hydrogens is 239 g/mol. The number of hydrogen-bond acceptors (Lipinski definition) is 2. The van der Waals surface area contributed by atoms with E-state index in [1.54, 1.807) is 12.1 Å². The minimum Gasteiger partial charge on any atom is -0.327 e. The number of likely N-dealkylation sites (tertiary alicyclic amines) is 1. The standard InChI is InChI=1S/C16H23FN2/c1-2-11-10-19(8-7-15(11)18)16-6-3-12-9-13(17)4-5-14(12)16/h4-5,9,11,15-16H,2-3,6-8,10,18H2,1H3. The van der Waals surface area contributed by atoms with Gasteiger partial charge in [0.1, 0.15) is 5.82 Å². The first-order valence-electron chi connectivity index (χ1n) is 7.47. The monoisotopic (exact) mass is 262 g/mol. The summed E-state index contributed by atoms with van der Waals surface area (Å²) in [7, 11) is 0. The fourth-order valence-electron chi connectivity index (χ4n) is 3.74. The van der Waals surface area contributed by atoms with Crippen molar-refractivity contribution in [1.82, 2.24) is 4.90 Å². The summed E-state index contributed by atoms with van der Waals surface area (Å²) < 4.78 is 13.3. The molecule has 1 aromatic rings. The van der Waals surface area contributed by atoms with E-state index in [2.05, 4.69) is 11.8 Å². The molecule has 2 aliphatic rings. The number of fused-ring (bicyclic) bond motifs is 1. The van der Waals surface area contributed by atoms with Gasteiger partial charge in [-0.15, -0.1) is 0 Å². The van der Waals surface area contributed by atoms with E-state index in [9.17, 15) is 4.39 Å². The van der Waals surface area contributed by atoms with Gasteiger partial charge in [-0.25, -0.2) is 4.39 Å². The summed E-state index contributed by atoms with van der Waals surface area (Å²) in [5, 5.41) is 0. The van der Waals surface area contributed by atoms with Crippen LogP contribution in [0.4, 0.5) is 4.39 Å². The Bertz CT molecular complexity index is 460. The Morgan fingerprint density at radius 3 is 3.00 bits per heavy atom. The van der Waals surface area contributed by atoms with E-state index in [0.717, 1.165) is 38.8 Å². The number of rotatable bonds is 2. The van der Waals surface area contributed by atoms with Gasteiger partial charge in [0.05, 0.1) is 0 Å². The van der Waals surface area contributed by atoms with E-state index in [1.165, 1.54) is 11.1 Å². The molecule has 0 saturated carbocycles. The maximum atomic E-state index is 13.3. The summed E-state index contributed by atoms with van der Waals surface area (Å²) in [6.45, 7) is 4.41. The zero-order chi connectivity index (χ0) is 13.4. The van der Waals surface area contributed by atoms with Crippen molar-refractivity contribution < 1.29 is 4.39 Å². The predicted octanol–water partition coefficient (Wildman–Crippen LogP) is 2.87. The van der Waals surface area contributed by atoms with Crippen LogP contribution < -0.4 is 5.73 Å². The molecule has 3 unspecified atom stereocenters. The van der Waals surface area contributed by atoms with Crippen LogP contribution in [0.5, 0.6) is 0 Å². The molecule has 3 atom stereocenters. The Morgan fingerprint density at radius 1 is 1.37 bits per heavy atom. The van der Waals surface area contributed by atoms with Crippen molar-refractivity contribution in [1.29, 1.82) is 0 Å². The quantitative estimate of drug-likeness (QED) is 0.888. The molecule has 0 aromatic heterocycles. The van der Waals surface area contributed by atoms with Crippen LogP contribution in [0.2, 0.25) is 0 Å². The molecule has 1 aliphatic heterocycles. The predicted molar refractivity (Wildman–Crippen MR) is 75.4 cm³/mol. The topological polar surface area (TPSA) is 29.3 Å². The largest absolute Gasteiger partial charge is 0.327 e. The molecule has 2 nitrogen and oxygen atoms in total. The molecule has 3 rings (SSSR count). The van der Waals surface area contributed by atoms with Crippen LogP contribution in [0.15, 0.2) is 18.2 Å². The summed E-state index contributed by atoms with van der Waals surface area (Å²) in [5.74, 6) is 0.504. The third kappa shape index (κ3) is 2.41. The van der Waals surface area contributed by atoms with Crippen LogP contribution in [0.1, 0.15) is 43.4 Å². The molecule has 0 spiro atoms. The van der Waals surface area contributed by atoms with Gasteiger partial charge in [0.15, 0.2) is 0 Å². The van der Waals surface area contributed by atoms with Gasteiger partial charge in [-0.05, 0) is 48.4 Å². The van der Waals surface area contributed by atoms with E-state index in [0.29, 0.717) is 18.0 Å². The molecule has 0 radical (unpaired) electrons. The zero-order valence-electron chi connectivity index (χ0n) is 11.6. The summed E-state index contributed by atoms with van der Waals surface area (Å²) in [5.41, 5.74) is 8.73. The first kappa shape index (κ1) is 13.1. The molecule has 3 heteroatoms. The fourth-order valence-corrected chi connectivity index (χ4v) is 3.74. The lowest BCUT2D eigenvalue weighted by Gasteiger charge is -2.40. The van der Waals surface area contributed by atoms with Gasteiger partial charge < -0.3 is 5.73 Å². The molecule has 1 saturated heterocycles. The van der Waals surface area contributed by atoms with Crippen molar-refractivity contribution in [2.24, 2.45) is 11.7 Å². The van der Waals surface area contributed by atoms with Gasteiger partial charge in [-0.1, -0.05) is 19.4 Å². The van der Waals surface area contributed by atoms with E-state index in [-0.39, 0.29) is 5.82 Å². The second-order valence-electron chi connectivity index (χ2n) is 6.01. The van der Waals surface area contributed by atoms with Crippen molar-refractivity contribution in [3.8, 4) is 0 Å². The van der Waals surface area contributed by atoms with Gasteiger partial charge in [0.25, 0.3) is 0 Å². The first-order valence-corrected chi connectivity index (χ1v) is 7.47. The molecule has 1 heterocycles. The number of piperidine rings is 1. The molecule has 0 amide bonds. The summed E-state index contributed by atoms with van der Waals surface area (Å²) in [6.07, 6.45) is 4.38. The Hall–Kier alpha value is -0.930. The number of hydrogen-bond donors (Lipinski definition) is 1.